The zero-order valence-corrected chi connectivity index (χ0v) is 11.8. The zero-order chi connectivity index (χ0) is 14.8. The van der Waals surface area contributed by atoms with Gasteiger partial charge in [0.1, 0.15) is 0 Å². The second-order valence-electron chi connectivity index (χ2n) is 4.72. The number of carbonyl (C=O) groups excluding carboxylic acids is 1. The number of fused-ring (bicyclic) bond motifs is 1. The molecule has 0 spiro atoms. The molecule has 3 rings (SSSR count). The van der Waals surface area contributed by atoms with Crippen LogP contribution < -0.4 is 10.6 Å². The minimum absolute atomic E-state index is 0.308. The molecule has 2 N–H and O–H groups in total. The lowest BCUT2D eigenvalue weighted by atomic mass is 10.1. The topological polar surface area (TPSA) is 71.3 Å². The van der Waals surface area contributed by atoms with E-state index in [1.807, 2.05) is 37.3 Å². The molecule has 21 heavy (non-hydrogen) atoms. The number of imidazole rings is 1. The summed E-state index contributed by atoms with van der Waals surface area (Å²) < 4.78 is 1.66. The quantitative estimate of drug-likeness (QED) is 0.758. The number of amides is 2. The molecule has 0 atom stereocenters. The number of hydrogen-bond acceptors (Lipinski definition) is 3. The van der Waals surface area contributed by atoms with Gasteiger partial charge in [0, 0.05) is 12.6 Å². The SMILES string of the molecule is CNC(=O)Nc1cn2nc(-c3cccc(C)c3)ccc2n1. The first-order chi connectivity index (χ1) is 10.2. The van der Waals surface area contributed by atoms with Crippen LogP contribution in [0.15, 0.2) is 42.6 Å². The van der Waals surface area contributed by atoms with Crippen molar-refractivity contribution in [3.63, 3.8) is 0 Å². The number of anilines is 1. The molecule has 0 radical (unpaired) electrons. The summed E-state index contributed by atoms with van der Waals surface area (Å²) in [6, 6.07) is 11.6. The molecule has 0 aliphatic heterocycles. The van der Waals surface area contributed by atoms with Crippen molar-refractivity contribution in [3.8, 4) is 11.3 Å². The molecule has 3 aromatic rings. The highest BCUT2D eigenvalue weighted by Crippen LogP contribution is 2.19. The maximum atomic E-state index is 11.3. The largest absolute Gasteiger partial charge is 0.341 e. The highest BCUT2D eigenvalue weighted by atomic mass is 16.2. The van der Waals surface area contributed by atoms with Gasteiger partial charge in [-0.1, -0.05) is 23.8 Å². The van der Waals surface area contributed by atoms with E-state index >= 15 is 0 Å². The van der Waals surface area contributed by atoms with Gasteiger partial charge >= 0.3 is 6.03 Å². The van der Waals surface area contributed by atoms with E-state index in [9.17, 15) is 4.79 Å². The molecule has 2 amide bonds. The zero-order valence-electron chi connectivity index (χ0n) is 11.8. The van der Waals surface area contributed by atoms with Crippen molar-refractivity contribution in [1.82, 2.24) is 19.9 Å². The van der Waals surface area contributed by atoms with Crippen LogP contribution in [0, 0.1) is 6.92 Å². The normalized spacial score (nSPS) is 10.6. The Bertz CT molecular complexity index is 809. The molecular formula is C15H15N5O. The third-order valence-corrected chi connectivity index (χ3v) is 3.10. The number of benzene rings is 1. The fourth-order valence-corrected chi connectivity index (χ4v) is 2.08. The van der Waals surface area contributed by atoms with Crippen LogP contribution in [-0.4, -0.2) is 27.7 Å². The maximum Gasteiger partial charge on any atom is 0.320 e. The van der Waals surface area contributed by atoms with Crippen molar-refractivity contribution in [2.24, 2.45) is 0 Å². The average molecular weight is 281 g/mol. The number of nitrogens with one attached hydrogen (secondary N) is 2. The van der Waals surface area contributed by atoms with E-state index in [1.54, 1.807) is 17.8 Å². The summed E-state index contributed by atoms with van der Waals surface area (Å²) in [4.78, 5) is 15.6. The number of carbonyl (C=O) groups is 1. The summed E-state index contributed by atoms with van der Waals surface area (Å²) >= 11 is 0. The van der Waals surface area contributed by atoms with Gasteiger partial charge < -0.3 is 5.32 Å². The summed E-state index contributed by atoms with van der Waals surface area (Å²) in [6.07, 6.45) is 1.68. The number of hydrogen-bond donors (Lipinski definition) is 2. The van der Waals surface area contributed by atoms with Crippen LogP contribution in [0.2, 0.25) is 0 Å². The minimum Gasteiger partial charge on any atom is -0.341 e. The van der Waals surface area contributed by atoms with Crippen molar-refractivity contribution in [1.29, 1.82) is 0 Å². The molecule has 2 heterocycles. The number of urea groups is 1. The van der Waals surface area contributed by atoms with E-state index in [0.29, 0.717) is 11.5 Å². The first-order valence-corrected chi connectivity index (χ1v) is 6.58. The molecule has 6 heteroatoms. The Morgan fingerprint density at radius 1 is 1.24 bits per heavy atom. The number of nitrogens with zero attached hydrogens (tertiary/aromatic N) is 3. The van der Waals surface area contributed by atoms with Crippen molar-refractivity contribution in [2.75, 3.05) is 12.4 Å². The first kappa shape index (κ1) is 13.1. The molecule has 0 aliphatic rings. The van der Waals surface area contributed by atoms with Gasteiger partial charge in [0.25, 0.3) is 0 Å². The number of rotatable bonds is 2. The van der Waals surface area contributed by atoms with Crippen LogP contribution in [0.4, 0.5) is 10.6 Å². The lowest BCUT2D eigenvalue weighted by Crippen LogP contribution is -2.24. The highest BCUT2D eigenvalue weighted by Gasteiger charge is 2.07. The molecule has 0 saturated heterocycles. The predicted molar refractivity (Wildman–Crippen MR) is 81.2 cm³/mol. The van der Waals surface area contributed by atoms with E-state index in [2.05, 4.69) is 26.8 Å². The van der Waals surface area contributed by atoms with Crippen LogP contribution in [0.25, 0.3) is 16.9 Å². The Kier molecular flexibility index (Phi) is 3.27. The Morgan fingerprint density at radius 2 is 2.10 bits per heavy atom. The summed E-state index contributed by atoms with van der Waals surface area (Å²) in [6.45, 7) is 2.05. The first-order valence-electron chi connectivity index (χ1n) is 6.58. The monoisotopic (exact) mass is 281 g/mol. The predicted octanol–water partition coefficient (Wildman–Crippen LogP) is 2.46. The van der Waals surface area contributed by atoms with Gasteiger partial charge in [-0.2, -0.15) is 5.10 Å². The average Bonchev–Trinajstić information content (AvgIpc) is 2.88. The van der Waals surface area contributed by atoms with E-state index in [1.165, 1.54) is 5.56 Å². The van der Waals surface area contributed by atoms with E-state index in [0.717, 1.165) is 11.3 Å². The van der Waals surface area contributed by atoms with Crippen LogP contribution in [-0.2, 0) is 0 Å². The number of aryl methyl sites for hydroxylation is 1. The Hall–Kier alpha value is -2.89. The van der Waals surface area contributed by atoms with Gasteiger partial charge in [0.05, 0.1) is 11.9 Å². The van der Waals surface area contributed by atoms with E-state index < -0.39 is 0 Å². The van der Waals surface area contributed by atoms with Crippen LogP contribution in [0.5, 0.6) is 0 Å². The van der Waals surface area contributed by atoms with Gasteiger partial charge in [0.2, 0.25) is 0 Å². The molecule has 2 aromatic heterocycles. The Balaban J connectivity index is 1.98. The molecule has 0 fully saturated rings. The fraction of sp³-hybridized carbons (Fsp3) is 0.133. The molecule has 0 aliphatic carbocycles. The van der Waals surface area contributed by atoms with Crippen molar-refractivity contribution in [3.05, 3.63) is 48.2 Å². The van der Waals surface area contributed by atoms with Gasteiger partial charge in [0.15, 0.2) is 11.5 Å². The van der Waals surface area contributed by atoms with Crippen LogP contribution in [0.3, 0.4) is 0 Å². The minimum atomic E-state index is -0.308. The summed E-state index contributed by atoms with van der Waals surface area (Å²) in [5, 5.41) is 9.63. The molecular weight excluding hydrogens is 266 g/mol. The van der Waals surface area contributed by atoms with Gasteiger partial charge in [-0.3, -0.25) is 5.32 Å². The summed E-state index contributed by atoms with van der Waals surface area (Å²) in [5.41, 5.74) is 3.77. The standard InChI is InChI=1S/C15H15N5O/c1-10-4-3-5-11(8-10)12-6-7-14-17-13(9-20(14)19-12)18-15(21)16-2/h3-9H,1-2H3,(H2,16,18,21). The fourth-order valence-electron chi connectivity index (χ4n) is 2.08. The lowest BCUT2D eigenvalue weighted by molar-refractivity contribution is 0.254. The van der Waals surface area contributed by atoms with E-state index in [-0.39, 0.29) is 6.03 Å². The Morgan fingerprint density at radius 3 is 2.86 bits per heavy atom. The summed E-state index contributed by atoms with van der Waals surface area (Å²) in [7, 11) is 1.55. The maximum absolute atomic E-state index is 11.3. The van der Waals surface area contributed by atoms with Crippen molar-refractivity contribution < 1.29 is 4.79 Å². The smallest absolute Gasteiger partial charge is 0.320 e. The third kappa shape index (κ3) is 2.69. The van der Waals surface area contributed by atoms with Crippen molar-refractivity contribution in [2.45, 2.75) is 6.92 Å². The van der Waals surface area contributed by atoms with Gasteiger partial charge in [-0.05, 0) is 25.1 Å². The number of aromatic nitrogens is 3. The molecule has 0 unspecified atom stereocenters. The van der Waals surface area contributed by atoms with Crippen molar-refractivity contribution >= 4 is 17.5 Å². The molecule has 1 aromatic carbocycles. The Labute approximate surface area is 121 Å². The van der Waals surface area contributed by atoms with Gasteiger partial charge in [-0.25, -0.2) is 14.3 Å². The van der Waals surface area contributed by atoms with Gasteiger partial charge in [-0.15, -0.1) is 0 Å². The lowest BCUT2D eigenvalue weighted by Gasteiger charge is -2.02. The second kappa shape index (κ2) is 5.24. The molecule has 0 saturated carbocycles. The van der Waals surface area contributed by atoms with E-state index in [4.69, 9.17) is 0 Å². The van der Waals surface area contributed by atoms with Crippen LogP contribution in [0.1, 0.15) is 5.56 Å². The third-order valence-electron chi connectivity index (χ3n) is 3.10. The molecule has 6 nitrogen and oxygen atoms in total. The van der Waals surface area contributed by atoms with Crippen LogP contribution >= 0.6 is 0 Å². The second-order valence-corrected chi connectivity index (χ2v) is 4.72. The highest BCUT2D eigenvalue weighted by molar-refractivity contribution is 5.88. The summed E-state index contributed by atoms with van der Waals surface area (Å²) in [5.74, 6) is 0.461. The molecule has 0 bridgehead atoms. The molecule has 106 valence electrons.